The van der Waals surface area contributed by atoms with E-state index in [1.807, 2.05) is 6.07 Å². The molecule has 0 aromatic heterocycles. The van der Waals surface area contributed by atoms with Crippen molar-refractivity contribution in [1.82, 2.24) is 0 Å². The van der Waals surface area contributed by atoms with Crippen LogP contribution >= 0.6 is 0 Å². The summed E-state index contributed by atoms with van der Waals surface area (Å²) < 4.78 is 10.8. The topological polar surface area (TPSA) is 93.1 Å². The van der Waals surface area contributed by atoms with Gasteiger partial charge in [-0.05, 0) is 82.0 Å². The van der Waals surface area contributed by atoms with E-state index in [1.54, 1.807) is 0 Å². The van der Waals surface area contributed by atoms with Crippen LogP contribution in [-0.4, -0.2) is 48.6 Å². The third-order valence-electron chi connectivity index (χ3n) is 10.2. The lowest BCUT2D eigenvalue weighted by Crippen LogP contribution is -2.22. The fraction of sp³-hybridized carbons (Fsp3) is 0.429. The molecule has 0 spiro atoms. The number of aliphatic hydroxyl groups excluding tert-OH is 2. The number of fused-ring (bicyclic) bond motifs is 3. The van der Waals surface area contributed by atoms with Gasteiger partial charge in [-0.15, -0.1) is 0 Å². The van der Waals surface area contributed by atoms with Crippen molar-refractivity contribution in [3.05, 3.63) is 107 Å². The Hall–Kier alpha value is -4.00. The van der Waals surface area contributed by atoms with Crippen LogP contribution in [0.3, 0.4) is 0 Å². The van der Waals surface area contributed by atoms with Crippen LogP contribution in [0.1, 0.15) is 80.0 Å². The molecule has 0 unspecified atom stereocenters. The summed E-state index contributed by atoms with van der Waals surface area (Å²) in [4.78, 5) is 24.4. The van der Waals surface area contributed by atoms with E-state index in [9.17, 15) is 19.8 Å². The van der Waals surface area contributed by atoms with Gasteiger partial charge in [0.15, 0.2) is 0 Å². The number of rotatable bonds is 15. The first-order valence-electron chi connectivity index (χ1n) is 17.6. The zero-order chi connectivity index (χ0) is 34.0. The van der Waals surface area contributed by atoms with E-state index in [2.05, 4.69) is 74.7 Å². The number of carbonyl (C=O) groups excluding carboxylic acids is 2. The summed E-state index contributed by atoms with van der Waals surface area (Å²) in [7, 11) is 0. The minimum Gasteiger partial charge on any atom is -0.461 e. The third kappa shape index (κ3) is 8.91. The van der Waals surface area contributed by atoms with Gasteiger partial charge in [0.25, 0.3) is 0 Å². The fourth-order valence-electron chi connectivity index (χ4n) is 7.23. The number of benzene rings is 3. The van der Waals surface area contributed by atoms with E-state index in [0.29, 0.717) is 0 Å². The second-order valence-electron chi connectivity index (χ2n) is 13.6. The molecule has 0 heterocycles. The number of hydrogen-bond acceptors (Lipinski definition) is 6. The van der Waals surface area contributed by atoms with Crippen molar-refractivity contribution < 1.29 is 29.3 Å². The Balaban J connectivity index is 1.25. The molecule has 0 saturated heterocycles. The maximum atomic E-state index is 12.2. The van der Waals surface area contributed by atoms with E-state index in [0.717, 1.165) is 36.7 Å². The predicted molar refractivity (Wildman–Crippen MR) is 191 cm³/mol. The average Bonchev–Trinajstić information content (AvgIpc) is 3.13. The summed E-state index contributed by atoms with van der Waals surface area (Å²) in [5.41, 5.74) is 9.54. The maximum absolute atomic E-state index is 12.2. The van der Waals surface area contributed by atoms with Crippen LogP contribution in [0, 0.1) is 11.8 Å². The standard InChI is InChI=1S/C42H50O6/c1-4-5-30-6-8-31(9-7-30)10-11-32-12-14-33(15-13-32)34-18-20-39-36(22-34)16-17-37-23-35(19-21-40(37)39)38(26-47-41(45)28(2)24-43)27-48-42(46)29(3)25-44/h12-15,18-23,30-31,38,43-44H,2-11,16-17,24-27H2,1H3. The SMILES string of the molecule is C=C(CO)C(=O)OCC(COC(=O)C(=C)CO)c1ccc2c(c1)CCc1cc(-c3ccc(CCC4CCC(CCC)CC4)cc3)ccc1-2. The molecular weight excluding hydrogens is 600 g/mol. The lowest BCUT2D eigenvalue weighted by Gasteiger charge is -2.28. The Morgan fingerprint density at radius 2 is 1.25 bits per heavy atom. The van der Waals surface area contributed by atoms with Crippen molar-refractivity contribution in [2.75, 3.05) is 26.4 Å². The van der Waals surface area contributed by atoms with Crippen LogP contribution in [0.4, 0.5) is 0 Å². The molecule has 0 atom stereocenters. The van der Waals surface area contributed by atoms with Gasteiger partial charge in [0, 0.05) is 0 Å². The smallest absolute Gasteiger partial charge is 0.335 e. The van der Waals surface area contributed by atoms with Gasteiger partial charge < -0.3 is 19.7 Å². The van der Waals surface area contributed by atoms with Gasteiger partial charge in [-0.25, -0.2) is 9.59 Å². The lowest BCUT2D eigenvalue weighted by molar-refractivity contribution is -0.142. The lowest BCUT2D eigenvalue weighted by atomic mass is 9.78. The molecule has 6 heteroatoms. The highest BCUT2D eigenvalue weighted by Gasteiger charge is 2.23. The number of aryl methyl sites for hydroxylation is 3. The molecule has 254 valence electrons. The molecule has 2 aliphatic rings. The Kier molecular flexibility index (Phi) is 12.4. The largest absolute Gasteiger partial charge is 0.461 e. The molecule has 3 aromatic carbocycles. The highest BCUT2D eigenvalue weighted by molar-refractivity contribution is 5.88. The first kappa shape index (κ1) is 35.3. The van der Waals surface area contributed by atoms with Gasteiger partial charge in [-0.3, -0.25) is 0 Å². The quantitative estimate of drug-likeness (QED) is 0.128. The maximum Gasteiger partial charge on any atom is 0.335 e. The van der Waals surface area contributed by atoms with Gasteiger partial charge in [0.05, 0.1) is 30.3 Å². The molecule has 48 heavy (non-hydrogen) atoms. The number of carbonyl (C=O) groups is 2. The monoisotopic (exact) mass is 650 g/mol. The zero-order valence-electron chi connectivity index (χ0n) is 28.3. The van der Waals surface area contributed by atoms with E-state index in [1.165, 1.54) is 83.9 Å². The van der Waals surface area contributed by atoms with Crippen LogP contribution in [0.25, 0.3) is 22.3 Å². The van der Waals surface area contributed by atoms with Crippen LogP contribution in [-0.2, 0) is 38.3 Å². The number of esters is 2. The minimum atomic E-state index is -0.703. The first-order valence-corrected chi connectivity index (χ1v) is 17.6. The predicted octanol–water partition coefficient (Wildman–Crippen LogP) is 7.93. The first-order chi connectivity index (χ1) is 23.3. The molecule has 6 nitrogen and oxygen atoms in total. The van der Waals surface area contributed by atoms with Crippen LogP contribution in [0.15, 0.2) is 85.0 Å². The molecule has 1 fully saturated rings. The van der Waals surface area contributed by atoms with Gasteiger partial charge in [0.1, 0.15) is 13.2 Å². The molecule has 5 rings (SSSR count). The number of ether oxygens (including phenoxy) is 2. The van der Waals surface area contributed by atoms with Crippen molar-refractivity contribution in [1.29, 1.82) is 0 Å². The normalized spacial score (nSPS) is 16.9. The third-order valence-corrected chi connectivity index (χ3v) is 10.2. The highest BCUT2D eigenvalue weighted by atomic mass is 16.5. The zero-order valence-corrected chi connectivity index (χ0v) is 28.3. The summed E-state index contributed by atoms with van der Waals surface area (Å²) in [6.45, 7) is 8.23. The van der Waals surface area contributed by atoms with E-state index in [4.69, 9.17) is 9.47 Å². The second kappa shape index (κ2) is 16.9. The van der Waals surface area contributed by atoms with Gasteiger partial charge in [0.2, 0.25) is 0 Å². The number of aliphatic hydroxyl groups is 2. The molecule has 0 aliphatic heterocycles. The van der Waals surface area contributed by atoms with Crippen molar-refractivity contribution in [3.8, 4) is 22.3 Å². The fourth-order valence-corrected chi connectivity index (χ4v) is 7.23. The summed E-state index contributed by atoms with van der Waals surface area (Å²) >= 11 is 0. The molecule has 1 saturated carbocycles. The van der Waals surface area contributed by atoms with Crippen LogP contribution in [0.2, 0.25) is 0 Å². The molecule has 3 aromatic rings. The van der Waals surface area contributed by atoms with Gasteiger partial charge in [-0.2, -0.15) is 0 Å². The molecule has 0 amide bonds. The molecular formula is C42H50O6. The van der Waals surface area contributed by atoms with Crippen molar-refractivity contribution in [2.24, 2.45) is 11.8 Å². The van der Waals surface area contributed by atoms with Crippen LogP contribution < -0.4 is 0 Å². The summed E-state index contributed by atoms with van der Waals surface area (Å²) in [5, 5.41) is 18.5. The van der Waals surface area contributed by atoms with E-state index in [-0.39, 0.29) is 24.4 Å². The molecule has 2 N–H and O–H groups in total. The summed E-state index contributed by atoms with van der Waals surface area (Å²) in [5.74, 6) is -0.00959. The van der Waals surface area contributed by atoms with Crippen molar-refractivity contribution in [3.63, 3.8) is 0 Å². The molecule has 2 aliphatic carbocycles. The average molecular weight is 651 g/mol. The summed E-state index contributed by atoms with van der Waals surface area (Å²) in [6.07, 6.45) is 12.6. The second-order valence-corrected chi connectivity index (χ2v) is 13.6. The Morgan fingerprint density at radius 3 is 1.81 bits per heavy atom. The highest BCUT2D eigenvalue weighted by Crippen LogP contribution is 2.38. The minimum absolute atomic E-state index is 0.0492. The van der Waals surface area contributed by atoms with Crippen molar-refractivity contribution in [2.45, 2.75) is 77.0 Å². The molecule has 0 bridgehead atoms. The molecule has 0 radical (unpaired) electrons. The Morgan fingerprint density at radius 1 is 0.729 bits per heavy atom. The Bertz CT molecular complexity index is 1560. The Labute approximate surface area is 285 Å². The van der Waals surface area contributed by atoms with Gasteiger partial charge >= 0.3 is 11.9 Å². The van der Waals surface area contributed by atoms with Gasteiger partial charge in [-0.1, -0.05) is 119 Å². The summed E-state index contributed by atoms with van der Waals surface area (Å²) in [6, 6.07) is 22.0. The van der Waals surface area contributed by atoms with Crippen LogP contribution in [0.5, 0.6) is 0 Å². The van der Waals surface area contributed by atoms with E-state index >= 15 is 0 Å². The number of hydrogen-bond donors (Lipinski definition) is 2. The van der Waals surface area contributed by atoms with E-state index < -0.39 is 31.1 Å². The van der Waals surface area contributed by atoms with Crippen molar-refractivity contribution >= 4 is 11.9 Å².